The van der Waals surface area contributed by atoms with E-state index in [2.05, 4.69) is 0 Å². The molecule has 0 radical (unpaired) electrons. The van der Waals surface area contributed by atoms with Gasteiger partial charge in [0.1, 0.15) is 11.9 Å². The minimum Gasteiger partial charge on any atom is -0.490 e. The minimum absolute atomic E-state index is 0.0885. The average Bonchev–Trinajstić information content (AvgIpc) is 3.22. The Morgan fingerprint density at radius 3 is 2.38 bits per heavy atom. The van der Waals surface area contributed by atoms with Crippen molar-refractivity contribution in [1.29, 1.82) is 0 Å². The summed E-state index contributed by atoms with van der Waals surface area (Å²) in [7, 11) is 0. The second-order valence-corrected chi connectivity index (χ2v) is 8.84. The van der Waals surface area contributed by atoms with E-state index in [0.29, 0.717) is 30.7 Å². The molecule has 1 aliphatic carbocycles. The molecule has 1 heterocycles. The van der Waals surface area contributed by atoms with Crippen molar-refractivity contribution in [2.75, 3.05) is 6.61 Å². The summed E-state index contributed by atoms with van der Waals surface area (Å²) in [4.78, 5) is 0. The van der Waals surface area contributed by atoms with Crippen LogP contribution < -0.4 is 4.74 Å². The van der Waals surface area contributed by atoms with Crippen molar-refractivity contribution >= 4 is 11.6 Å². The standard InChI is InChI=1S/C24H29ClO5.C2H6/c25-23-8-3-16(24-13-19(28)12-22(14-26)30-24)10-17(23)9-15-1-5-20(6-2-15)29-21-7-4-18(27)11-21;1-2/h1-3,5-6,8,10,18-19,21-22,24,26-28H,4,7,9,11-14H2;1-2H3/t18-,19-,21+,22-,24+;/m0./s1. The van der Waals surface area contributed by atoms with Gasteiger partial charge in [-0.3, -0.25) is 0 Å². The van der Waals surface area contributed by atoms with Crippen LogP contribution in [0.15, 0.2) is 42.5 Å². The third-order valence-corrected chi connectivity index (χ3v) is 6.37. The Hall–Kier alpha value is -1.63. The highest BCUT2D eigenvalue weighted by atomic mass is 35.5. The molecule has 2 aliphatic rings. The molecule has 2 aromatic rings. The molecular weight excluding hydrogens is 428 g/mol. The highest BCUT2D eigenvalue weighted by Gasteiger charge is 2.29. The van der Waals surface area contributed by atoms with Crippen LogP contribution in [0.1, 0.15) is 68.7 Å². The van der Waals surface area contributed by atoms with Crippen molar-refractivity contribution in [3.05, 3.63) is 64.2 Å². The minimum atomic E-state index is -0.478. The summed E-state index contributed by atoms with van der Waals surface area (Å²) >= 11 is 6.45. The molecule has 6 heteroatoms. The summed E-state index contributed by atoms with van der Waals surface area (Å²) in [5, 5.41) is 29.8. The topological polar surface area (TPSA) is 79.2 Å². The summed E-state index contributed by atoms with van der Waals surface area (Å²) in [5.74, 6) is 0.817. The van der Waals surface area contributed by atoms with Gasteiger partial charge in [-0.1, -0.05) is 49.7 Å². The van der Waals surface area contributed by atoms with E-state index in [0.717, 1.165) is 35.3 Å². The maximum Gasteiger partial charge on any atom is 0.119 e. The molecule has 1 saturated carbocycles. The first kappa shape index (κ1) is 25.0. The lowest BCUT2D eigenvalue weighted by atomic mass is 9.94. The summed E-state index contributed by atoms with van der Waals surface area (Å²) in [6, 6.07) is 13.8. The molecule has 32 heavy (non-hydrogen) atoms. The molecule has 0 aromatic heterocycles. The Bertz CT molecular complexity index is 841. The predicted molar refractivity (Wildman–Crippen MR) is 126 cm³/mol. The Labute approximate surface area is 196 Å². The van der Waals surface area contributed by atoms with Gasteiger partial charge >= 0.3 is 0 Å². The first-order chi connectivity index (χ1) is 15.5. The summed E-state index contributed by atoms with van der Waals surface area (Å²) in [6.45, 7) is 3.91. The van der Waals surface area contributed by atoms with E-state index < -0.39 is 6.10 Å². The number of halogens is 1. The monoisotopic (exact) mass is 462 g/mol. The van der Waals surface area contributed by atoms with Gasteiger partial charge in [0, 0.05) is 24.3 Å². The number of hydrogen-bond acceptors (Lipinski definition) is 5. The SMILES string of the molecule is CC.OC[C@@H]1C[C@H](O)C[C@H](c2ccc(Cl)c(Cc3ccc(O[C@@H]4CC[C@H](O)C4)cc3)c2)O1. The number of hydrogen-bond donors (Lipinski definition) is 3. The largest absolute Gasteiger partial charge is 0.490 e. The fourth-order valence-corrected chi connectivity index (χ4v) is 4.56. The fraction of sp³-hybridized carbons (Fsp3) is 0.538. The normalized spacial score (nSPS) is 27.5. The van der Waals surface area contributed by atoms with Gasteiger partial charge in [0.05, 0.1) is 31.0 Å². The van der Waals surface area contributed by atoms with Crippen molar-refractivity contribution in [2.24, 2.45) is 0 Å². The molecule has 4 rings (SSSR count). The third kappa shape index (κ3) is 6.69. The summed E-state index contributed by atoms with van der Waals surface area (Å²) < 4.78 is 11.9. The van der Waals surface area contributed by atoms with E-state index in [9.17, 15) is 15.3 Å². The summed E-state index contributed by atoms with van der Waals surface area (Å²) in [5.41, 5.74) is 3.07. The van der Waals surface area contributed by atoms with E-state index in [4.69, 9.17) is 21.1 Å². The van der Waals surface area contributed by atoms with E-state index in [1.807, 2.05) is 56.3 Å². The first-order valence-corrected chi connectivity index (χ1v) is 12.0. The average molecular weight is 463 g/mol. The van der Waals surface area contributed by atoms with Gasteiger partial charge in [-0.2, -0.15) is 0 Å². The Kier molecular flexibility index (Phi) is 9.38. The molecule has 0 spiro atoms. The maximum atomic E-state index is 10.1. The molecule has 176 valence electrons. The van der Waals surface area contributed by atoms with Crippen LogP contribution in [0.4, 0.5) is 0 Å². The molecule has 5 atom stereocenters. The zero-order valence-corrected chi connectivity index (χ0v) is 19.7. The number of aliphatic hydroxyl groups is 3. The molecule has 0 bridgehead atoms. The number of aliphatic hydroxyl groups excluding tert-OH is 3. The lowest BCUT2D eigenvalue weighted by Gasteiger charge is -2.32. The van der Waals surface area contributed by atoms with Crippen LogP contribution in [0.2, 0.25) is 5.02 Å². The molecule has 2 aromatic carbocycles. The Morgan fingerprint density at radius 2 is 1.72 bits per heavy atom. The van der Waals surface area contributed by atoms with E-state index in [1.165, 1.54) is 0 Å². The van der Waals surface area contributed by atoms with Crippen LogP contribution in [0.3, 0.4) is 0 Å². The van der Waals surface area contributed by atoms with E-state index >= 15 is 0 Å². The number of ether oxygens (including phenoxy) is 2. The maximum absolute atomic E-state index is 10.1. The van der Waals surface area contributed by atoms with Crippen molar-refractivity contribution in [1.82, 2.24) is 0 Å². The fourth-order valence-electron chi connectivity index (χ4n) is 4.38. The molecule has 0 unspecified atom stereocenters. The second-order valence-electron chi connectivity index (χ2n) is 8.43. The van der Waals surface area contributed by atoms with Gasteiger partial charge in [-0.05, 0) is 54.2 Å². The van der Waals surface area contributed by atoms with Crippen LogP contribution in [0.5, 0.6) is 5.75 Å². The predicted octanol–water partition coefficient (Wildman–Crippen LogP) is 4.82. The van der Waals surface area contributed by atoms with Gasteiger partial charge in [-0.25, -0.2) is 0 Å². The van der Waals surface area contributed by atoms with E-state index in [-0.39, 0.29) is 31.0 Å². The molecule has 1 saturated heterocycles. The lowest BCUT2D eigenvalue weighted by molar-refractivity contribution is -0.113. The second kappa shape index (κ2) is 12.0. The zero-order chi connectivity index (χ0) is 23.1. The van der Waals surface area contributed by atoms with Gasteiger partial charge in [0.15, 0.2) is 0 Å². The first-order valence-electron chi connectivity index (χ1n) is 11.7. The summed E-state index contributed by atoms with van der Waals surface area (Å²) in [6.07, 6.45) is 2.81. The Balaban J connectivity index is 0.00000141. The van der Waals surface area contributed by atoms with Gasteiger partial charge in [-0.15, -0.1) is 0 Å². The lowest BCUT2D eigenvalue weighted by Crippen LogP contribution is -2.33. The molecule has 2 fully saturated rings. The molecule has 0 amide bonds. The third-order valence-electron chi connectivity index (χ3n) is 6.00. The van der Waals surface area contributed by atoms with Crippen LogP contribution in [0, 0.1) is 0 Å². The quantitative estimate of drug-likeness (QED) is 0.573. The van der Waals surface area contributed by atoms with Gasteiger partial charge in [0.25, 0.3) is 0 Å². The van der Waals surface area contributed by atoms with Crippen molar-refractivity contribution < 1.29 is 24.8 Å². The molecule has 3 N–H and O–H groups in total. The molecule has 5 nitrogen and oxygen atoms in total. The Morgan fingerprint density at radius 1 is 0.969 bits per heavy atom. The van der Waals surface area contributed by atoms with Crippen LogP contribution in [-0.2, 0) is 11.2 Å². The number of rotatable bonds is 6. The van der Waals surface area contributed by atoms with Crippen molar-refractivity contribution in [2.45, 2.75) is 82.9 Å². The van der Waals surface area contributed by atoms with Gasteiger partial charge < -0.3 is 24.8 Å². The van der Waals surface area contributed by atoms with Crippen LogP contribution in [-0.4, -0.2) is 46.3 Å². The molecule has 1 aliphatic heterocycles. The highest BCUT2D eigenvalue weighted by molar-refractivity contribution is 6.31. The number of benzene rings is 2. The molecular formula is C26H35ClO5. The van der Waals surface area contributed by atoms with Crippen LogP contribution in [0.25, 0.3) is 0 Å². The highest BCUT2D eigenvalue weighted by Crippen LogP contribution is 2.34. The zero-order valence-electron chi connectivity index (χ0n) is 18.9. The van der Waals surface area contributed by atoms with Crippen LogP contribution >= 0.6 is 11.6 Å². The van der Waals surface area contributed by atoms with Gasteiger partial charge in [0.2, 0.25) is 0 Å². The van der Waals surface area contributed by atoms with Crippen molar-refractivity contribution in [3.8, 4) is 5.75 Å². The van der Waals surface area contributed by atoms with Crippen molar-refractivity contribution in [3.63, 3.8) is 0 Å². The smallest absolute Gasteiger partial charge is 0.119 e. The van der Waals surface area contributed by atoms with E-state index in [1.54, 1.807) is 0 Å².